The van der Waals surface area contributed by atoms with Gasteiger partial charge < -0.3 is 10.4 Å². The molecule has 0 aliphatic heterocycles. The minimum Gasteiger partial charge on any atom is -0.480 e. The Hall–Kier alpha value is -1.02. The second-order valence-corrected chi connectivity index (χ2v) is 6.31. The van der Waals surface area contributed by atoms with Gasteiger partial charge in [-0.1, -0.05) is 6.92 Å². The summed E-state index contributed by atoms with van der Waals surface area (Å²) in [5, 5.41) is 16.0. The van der Waals surface area contributed by atoms with Gasteiger partial charge in [0.15, 0.2) is 0 Å². The van der Waals surface area contributed by atoms with Crippen molar-refractivity contribution >= 4 is 39.6 Å². The molecule has 0 unspecified atom stereocenters. The van der Waals surface area contributed by atoms with Crippen LogP contribution in [-0.4, -0.2) is 38.6 Å². The van der Waals surface area contributed by atoms with E-state index >= 15 is 0 Å². The fraction of sp³-hybridized carbons (Fsp3) is 0.615. The number of hydrogen-bond acceptors (Lipinski definition) is 4. The van der Waals surface area contributed by atoms with E-state index in [4.69, 9.17) is 5.11 Å². The number of carboxylic acids is 1. The van der Waals surface area contributed by atoms with E-state index < -0.39 is 12.0 Å². The largest absolute Gasteiger partial charge is 0.480 e. The molecule has 0 radical (unpaired) electrons. The van der Waals surface area contributed by atoms with Crippen LogP contribution in [0.4, 0.5) is 0 Å². The van der Waals surface area contributed by atoms with Gasteiger partial charge in [0.05, 0.1) is 15.9 Å². The molecule has 0 aromatic carbocycles. The highest BCUT2D eigenvalue weighted by atomic mass is 79.9. The van der Waals surface area contributed by atoms with Crippen molar-refractivity contribution in [1.82, 2.24) is 15.1 Å². The lowest BCUT2D eigenvalue weighted by molar-refractivity contribution is -0.140. The Morgan fingerprint density at radius 2 is 2.14 bits per heavy atom. The molecule has 0 spiro atoms. The number of halogens is 1. The van der Waals surface area contributed by atoms with Gasteiger partial charge >= 0.3 is 5.97 Å². The van der Waals surface area contributed by atoms with E-state index in [1.54, 1.807) is 0 Å². The number of carbonyl (C=O) groups excluding carboxylic acids is 1. The van der Waals surface area contributed by atoms with Gasteiger partial charge in [-0.3, -0.25) is 9.48 Å². The summed E-state index contributed by atoms with van der Waals surface area (Å²) in [4.78, 5) is 22.0. The third-order valence-electron chi connectivity index (χ3n) is 2.89. The maximum Gasteiger partial charge on any atom is 0.327 e. The normalized spacial score (nSPS) is 12.2. The van der Waals surface area contributed by atoms with Crippen molar-refractivity contribution in [2.24, 2.45) is 0 Å². The van der Waals surface area contributed by atoms with Crippen LogP contribution in [0.3, 0.4) is 0 Å². The van der Waals surface area contributed by atoms with Gasteiger partial charge in [-0.15, -0.1) is 0 Å². The zero-order chi connectivity index (χ0) is 16.0. The third kappa shape index (κ3) is 5.03. The monoisotopic (exact) mass is 377 g/mol. The van der Waals surface area contributed by atoms with Crippen LogP contribution in [0.5, 0.6) is 0 Å². The summed E-state index contributed by atoms with van der Waals surface area (Å²) >= 11 is 5.02. The molecule has 0 fully saturated rings. The minimum absolute atomic E-state index is 0.317. The molecule has 0 bridgehead atoms. The zero-order valence-corrected chi connectivity index (χ0v) is 14.8. The maximum atomic E-state index is 11.1. The maximum absolute atomic E-state index is 11.1. The average Bonchev–Trinajstić information content (AvgIpc) is 2.73. The molecule has 6 nitrogen and oxygen atoms in total. The molecule has 0 aliphatic carbocycles. The molecular formula is C13H20BrN3O3S. The standard InChI is InChI=1S/C13H20BrN3O3S/c1-4-9-12(14)11(17(5-2)16-9)7-21-6-10(13(19)20)15-8(3)18/h10H,4-7H2,1-3H3,(H,15,18)(H,19,20)/t10-/m0/s1. The summed E-state index contributed by atoms with van der Waals surface area (Å²) in [6, 6.07) is -0.866. The number of aromatic nitrogens is 2. The smallest absolute Gasteiger partial charge is 0.327 e. The van der Waals surface area contributed by atoms with Crippen molar-refractivity contribution in [1.29, 1.82) is 0 Å². The van der Waals surface area contributed by atoms with Crippen molar-refractivity contribution in [3.63, 3.8) is 0 Å². The van der Waals surface area contributed by atoms with Crippen LogP contribution in [0.25, 0.3) is 0 Å². The highest BCUT2D eigenvalue weighted by Crippen LogP contribution is 2.26. The predicted octanol–water partition coefficient (Wildman–Crippen LogP) is 2.05. The molecule has 0 aliphatic rings. The Morgan fingerprint density at radius 3 is 2.62 bits per heavy atom. The number of carboxylic acid groups (broad SMARTS) is 1. The van der Waals surface area contributed by atoms with Gasteiger partial charge in [-0.2, -0.15) is 16.9 Å². The number of thioether (sulfide) groups is 1. The molecular weight excluding hydrogens is 358 g/mol. The van der Waals surface area contributed by atoms with E-state index in [-0.39, 0.29) is 5.91 Å². The van der Waals surface area contributed by atoms with Gasteiger partial charge in [0.25, 0.3) is 0 Å². The molecule has 1 aromatic rings. The Bertz CT molecular complexity index is 519. The first kappa shape index (κ1) is 18.0. The van der Waals surface area contributed by atoms with Gasteiger partial charge in [-0.05, 0) is 29.3 Å². The topological polar surface area (TPSA) is 84.2 Å². The summed E-state index contributed by atoms with van der Waals surface area (Å²) < 4.78 is 2.91. The average molecular weight is 378 g/mol. The van der Waals surface area contributed by atoms with Crippen molar-refractivity contribution in [2.45, 2.75) is 45.5 Å². The van der Waals surface area contributed by atoms with Crippen LogP contribution >= 0.6 is 27.7 Å². The van der Waals surface area contributed by atoms with Crippen LogP contribution in [0, 0.1) is 0 Å². The highest BCUT2D eigenvalue weighted by Gasteiger charge is 2.19. The van der Waals surface area contributed by atoms with E-state index in [1.807, 2.05) is 18.5 Å². The SMILES string of the molecule is CCc1nn(CC)c(CSC[C@H](NC(C)=O)C(=O)O)c1Br. The fourth-order valence-corrected chi connectivity index (χ4v) is 3.80. The summed E-state index contributed by atoms with van der Waals surface area (Å²) in [6.07, 6.45) is 0.842. The molecule has 8 heteroatoms. The van der Waals surface area contributed by atoms with E-state index in [0.29, 0.717) is 11.5 Å². The number of nitrogens with zero attached hydrogens (tertiary/aromatic N) is 2. The highest BCUT2D eigenvalue weighted by molar-refractivity contribution is 9.10. The van der Waals surface area contributed by atoms with E-state index in [2.05, 4.69) is 26.3 Å². The molecule has 0 saturated heterocycles. The number of aliphatic carboxylic acids is 1. The molecule has 2 N–H and O–H groups in total. The van der Waals surface area contributed by atoms with Gasteiger partial charge in [-0.25, -0.2) is 4.79 Å². The minimum atomic E-state index is -1.02. The lowest BCUT2D eigenvalue weighted by Gasteiger charge is -2.13. The predicted molar refractivity (Wildman–Crippen MR) is 86.4 cm³/mol. The summed E-state index contributed by atoms with van der Waals surface area (Å²) in [5.74, 6) is -0.395. The van der Waals surface area contributed by atoms with Crippen molar-refractivity contribution in [2.75, 3.05) is 5.75 Å². The van der Waals surface area contributed by atoms with E-state index in [0.717, 1.165) is 28.8 Å². The second kappa shape index (κ2) is 8.43. The Balaban J connectivity index is 2.68. The molecule has 1 amide bonds. The molecule has 118 valence electrons. The van der Waals surface area contributed by atoms with Gasteiger partial charge in [0.1, 0.15) is 6.04 Å². The van der Waals surface area contributed by atoms with Gasteiger partial charge in [0, 0.05) is 25.0 Å². The second-order valence-electron chi connectivity index (χ2n) is 4.48. The quantitative estimate of drug-likeness (QED) is 0.723. The molecule has 21 heavy (non-hydrogen) atoms. The van der Waals surface area contributed by atoms with Crippen molar-refractivity contribution in [3.8, 4) is 0 Å². The van der Waals surface area contributed by atoms with Crippen LogP contribution in [0.2, 0.25) is 0 Å². The van der Waals surface area contributed by atoms with E-state index in [9.17, 15) is 9.59 Å². The van der Waals surface area contributed by atoms with E-state index in [1.165, 1.54) is 18.7 Å². The number of nitrogens with one attached hydrogen (secondary N) is 1. The Morgan fingerprint density at radius 1 is 1.48 bits per heavy atom. The number of hydrogen-bond donors (Lipinski definition) is 2. The number of rotatable bonds is 8. The first-order chi connectivity index (χ1) is 9.90. The fourth-order valence-electron chi connectivity index (χ4n) is 1.85. The van der Waals surface area contributed by atoms with Crippen molar-refractivity contribution < 1.29 is 14.7 Å². The molecule has 1 heterocycles. The van der Waals surface area contributed by atoms with Crippen LogP contribution < -0.4 is 5.32 Å². The summed E-state index contributed by atoms with van der Waals surface area (Å²) in [6.45, 7) is 6.14. The van der Waals surface area contributed by atoms with Gasteiger partial charge in [0.2, 0.25) is 5.91 Å². The summed E-state index contributed by atoms with van der Waals surface area (Å²) in [5.41, 5.74) is 2.05. The number of aryl methyl sites for hydroxylation is 2. The zero-order valence-electron chi connectivity index (χ0n) is 12.4. The van der Waals surface area contributed by atoms with Crippen LogP contribution in [-0.2, 0) is 28.3 Å². The van der Waals surface area contributed by atoms with Crippen LogP contribution in [0.15, 0.2) is 4.47 Å². The third-order valence-corrected chi connectivity index (χ3v) is 4.86. The molecule has 1 rings (SSSR count). The molecule has 1 atom stereocenters. The Labute approximate surface area is 136 Å². The first-order valence-electron chi connectivity index (χ1n) is 6.72. The van der Waals surface area contributed by atoms with Crippen LogP contribution in [0.1, 0.15) is 32.2 Å². The number of carbonyl (C=O) groups is 2. The summed E-state index contributed by atoms with van der Waals surface area (Å²) in [7, 11) is 0. The lowest BCUT2D eigenvalue weighted by Crippen LogP contribution is -2.41. The number of amides is 1. The van der Waals surface area contributed by atoms with Crippen molar-refractivity contribution in [3.05, 3.63) is 15.9 Å². The molecule has 0 saturated carbocycles. The molecule has 1 aromatic heterocycles. The lowest BCUT2D eigenvalue weighted by atomic mass is 10.3. The Kier molecular flexibility index (Phi) is 7.24. The first-order valence-corrected chi connectivity index (χ1v) is 8.67.